The third kappa shape index (κ3) is 3.81. The van der Waals surface area contributed by atoms with E-state index in [9.17, 15) is 9.50 Å². The third-order valence-corrected chi connectivity index (χ3v) is 4.28. The molecule has 0 radical (unpaired) electrons. The van der Waals surface area contributed by atoms with Gasteiger partial charge in [-0.2, -0.15) is 0 Å². The predicted octanol–water partition coefficient (Wildman–Crippen LogP) is 5.01. The van der Waals surface area contributed by atoms with Crippen LogP contribution in [-0.4, -0.2) is 5.11 Å². The summed E-state index contributed by atoms with van der Waals surface area (Å²) in [6.45, 7) is 0. The fraction of sp³-hybridized carbons (Fsp3) is 0.143. The Hall–Kier alpha value is -0.360. The minimum Gasteiger partial charge on any atom is -0.388 e. The average Bonchev–Trinajstić information content (AvgIpc) is 2.33. The van der Waals surface area contributed by atoms with Crippen LogP contribution in [0.15, 0.2) is 36.4 Å². The van der Waals surface area contributed by atoms with E-state index in [1.807, 2.05) is 22.6 Å². The maximum atomic E-state index is 13.0. The number of halogens is 4. The SMILES string of the molecule is OC(Cc1cc(Cl)ccc1Cl)c1ccc(F)cc1I. The van der Waals surface area contributed by atoms with Crippen LogP contribution in [0.1, 0.15) is 17.2 Å². The summed E-state index contributed by atoms with van der Waals surface area (Å²) in [7, 11) is 0. The van der Waals surface area contributed by atoms with Gasteiger partial charge in [0.2, 0.25) is 0 Å². The van der Waals surface area contributed by atoms with Crippen LogP contribution >= 0.6 is 45.8 Å². The Bertz CT molecular complexity index is 604. The molecule has 1 nitrogen and oxygen atoms in total. The third-order valence-electron chi connectivity index (χ3n) is 2.74. The van der Waals surface area contributed by atoms with Crippen molar-refractivity contribution < 1.29 is 9.50 Å². The molecule has 1 atom stereocenters. The lowest BCUT2D eigenvalue weighted by molar-refractivity contribution is 0.177. The van der Waals surface area contributed by atoms with Crippen LogP contribution in [0.3, 0.4) is 0 Å². The number of aliphatic hydroxyl groups is 1. The van der Waals surface area contributed by atoms with E-state index in [0.717, 1.165) is 5.56 Å². The van der Waals surface area contributed by atoms with Gasteiger partial charge in [0.25, 0.3) is 0 Å². The normalized spacial score (nSPS) is 12.5. The number of hydrogen-bond acceptors (Lipinski definition) is 1. The van der Waals surface area contributed by atoms with Crippen molar-refractivity contribution in [1.82, 2.24) is 0 Å². The molecule has 2 rings (SSSR count). The summed E-state index contributed by atoms with van der Waals surface area (Å²) in [5.41, 5.74) is 1.44. The number of aliphatic hydroxyl groups excluding tert-OH is 1. The molecule has 0 aliphatic rings. The lowest BCUT2D eigenvalue weighted by Crippen LogP contribution is -2.04. The Morgan fingerprint density at radius 2 is 1.89 bits per heavy atom. The first kappa shape index (κ1) is 15.0. The van der Waals surface area contributed by atoms with E-state index in [-0.39, 0.29) is 5.82 Å². The van der Waals surface area contributed by atoms with Crippen molar-refractivity contribution in [1.29, 1.82) is 0 Å². The van der Waals surface area contributed by atoms with Gasteiger partial charge in [-0.3, -0.25) is 0 Å². The lowest BCUT2D eigenvalue weighted by Gasteiger charge is -2.14. The summed E-state index contributed by atoms with van der Waals surface area (Å²) in [5.74, 6) is -0.318. The van der Waals surface area contributed by atoms with Crippen LogP contribution in [0.4, 0.5) is 4.39 Å². The molecule has 0 bridgehead atoms. The summed E-state index contributed by atoms with van der Waals surface area (Å²) in [6, 6.07) is 9.42. The Morgan fingerprint density at radius 3 is 2.58 bits per heavy atom. The van der Waals surface area contributed by atoms with Gasteiger partial charge in [0.15, 0.2) is 0 Å². The van der Waals surface area contributed by atoms with Crippen molar-refractivity contribution in [3.63, 3.8) is 0 Å². The zero-order valence-electron chi connectivity index (χ0n) is 9.71. The average molecular weight is 411 g/mol. The monoisotopic (exact) mass is 410 g/mol. The summed E-state index contributed by atoms with van der Waals surface area (Å²) in [6.07, 6.45) is -0.412. The topological polar surface area (TPSA) is 20.2 Å². The van der Waals surface area contributed by atoms with E-state index in [1.165, 1.54) is 12.1 Å². The van der Waals surface area contributed by atoms with Gasteiger partial charge in [0.05, 0.1) is 6.10 Å². The van der Waals surface area contributed by atoms with Crippen molar-refractivity contribution in [2.24, 2.45) is 0 Å². The molecule has 0 aliphatic carbocycles. The van der Waals surface area contributed by atoms with Crippen LogP contribution in [0.2, 0.25) is 10.0 Å². The fourth-order valence-corrected chi connectivity index (χ4v) is 3.02. The van der Waals surface area contributed by atoms with Gasteiger partial charge in [-0.15, -0.1) is 0 Å². The van der Waals surface area contributed by atoms with Crippen molar-refractivity contribution in [2.75, 3.05) is 0 Å². The first-order valence-corrected chi connectivity index (χ1v) is 7.38. The Balaban J connectivity index is 2.25. The van der Waals surface area contributed by atoms with Crippen LogP contribution in [-0.2, 0) is 6.42 Å². The minimum atomic E-state index is -0.747. The molecule has 0 amide bonds. The van der Waals surface area contributed by atoms with Crippen LogP contribution in [0, 0.1) is 9.39 Å². The molecule has 0 fully saturated rings. The largest absolute Gasteiger partial charge is 0.388 e. The molecule has 100 valence electrons. The highest BCUT2D eigenvalue weighted by Crippen LogP contribution is 2.28. The molecule has 1 unspecified atom stereocenters. The molecule has 2 aromatic carbocycles. The van der Waals surface area contributed by atoms with Crippen LogP contribution in [0.5, 0.6) is 0 Å². The second-order valence-corrected chi connectivity index (χ2v) is 6.13. The Kier molecular flexibility index (Phi) is 5.06. The van der Waals surface area contributed by atoms with Crippen molar-refractivity contribution in [3.8, 4) is 0 Å². The van der Waals surface area contributed by atoms with Gasteiger partial charge in [0, 0.05) is 20.0 Å². The first-order chi connectivity index (χ1) is 8.97. The van der Waals surface area contributed by atoms with Gasteiger partial charge in [-0.05, 0) is 64.0 Å². The molecule has 5 heteroatoms. The molecular formula is C14H10Cl2FIO. The van der Waals surface area contributed by atoms with Crippen molar-refractivity contribution in [2.45, 2.75) is 12.5 Å². The standard InChI is InChI=1S/C14H10Cl2FIO/c15-9-1-4-12(16)8(5-9)6-14(19)11-3-2-10(17)7-13(11)18/h1-5,7,14,19H,6H2. The molecule has 0 aromatic heterocycles. The highest BCUT2D eigenvalue weighted by molar-refractivity contribution is 14.1. The minimum absolute atomic E-state index is 0.318. The van der Waals surface area contributed by atoms with Crippen molar-refractivity contribution in [3.05, 3.63) is 67.0 Å². The Labute approximate surface area is 134 Å². The number of hydrogen-bond donors (Lipinski definition) is 1. The number of benzene rings is 2. The van der Waals surface area contributed by atoms with Gasteiger partial charge < -0.3 is 5.11 Å². The van der Waals surface area contributed by atoms with E-state index in [2.05, 4.69) is 0 Å². The van der Waals surface area contributed by atoms with E-state index in [0.29, 0.717) is 25.6 Å². The summed E-state index contributed by atoms with van der Waals surface area (Å²) >= 11 is 14.0. The van der Waals surface area contributed by atoms with Gasteiger partial charge in [-0.1, -0.05) is 29.3 Å². The van der Waals surface area contributed by atoms with Gasteiger partial charge in [0.1, 0.15) is 5.82 Å². The second-order valence-electron chi connectivity index (χ2n) is 4.12. The summed E-state index contributed by atoms with van der Waals surface area (Å²) < 4.78 is 13.7. The van der Waals surface area contributed by atoms with Crippen molar-refractivity contribution >= 4 is 45.8 Å². The molecule has 1 N–H and O–H groups in total. The highest BCUT2D eigenvalue weighted by Gasteiger charge is 2.14. The molecule has 0 aliphatic heterocycles. The predicted molar refractivity (Wildman–Crippen MR) is 84.2 cm³/mol. The molecule has 0 spiro atoms. The fourth-order valence-electron chi connectivity index (χ4n) is 1.79. The maximum absolute atomic E-state index is 13.0. The van der Waals surface area contributed by atoms with Crippen LogP contribution in [0.25, 0.3) is 0 Å². The van der Waals surface area contributed by atoms with Gasteiger partial charge in [-0.25, -0.2) is 4.39 Å². The maximum Gasteiger partial charge on any atom is 0.124 e. The Morgan fingerprint density at radius 1 is 1.16 bits per heavy atom. The lowest BCUT2D eigenvalue weighted by atomic mass is 10.0. The van der Waals surface area contributed by atoms with E-state index in [1.54, 1.807) is 24.3 Å². The molecule has 0 saturated heterocycles. The molecule has 0 heterocycles. The number of rotatable bonds is 3. The zero-order chi connectivity index (χ0) is 14.0. The summed E-state index contributed by atoms with van der Waals surface area (Å²) in [4.78, 5) is 0. The quantitative estimate of drug-likeness (QED) is 0.705. The highest BCUT2D eigenvalue weighted by atomic mass is 127. The van der Waals surface area contributed by atoms with E-state index >= 15 is 0 Å². The second kappa shape index (κ2) is 6.39. The molecule has 2 aromatic rings. The van der Waals surface area contributed by atoms with E-state index < -0.39 is 6.10 Å². The molecular weight excluding hydrogens is 401 g/mol. The summed E-state index contributed by atoms with van der Waals surface area (Å²) in [5, 5.41) is 11.4. The molecule has 19 heavy (non-hydrogen) atoms. The van der Waals surface area contributed by atoms with Crippen LogP contribution < -0.4 is 0 Å². The van der Waals surface area contributed by atoms with E-state index in [4.69, 9.17) is 23.2 Å². The smallest absolute Gasteiger partial charge is 0.124 e. The zero-order valence-corrected chi connectivity index (χ0v) is 13.4. The molecule has 0 saturated carbocycles. The van der Waals surface area contributed by atoms with Gasteiger partial charge >= 0.3 is 0 Å². The first-order valence-electron chi connectivity index (χ1n) is 5.54.